The van der Waals surface area contributed by atoms with Gasteiger partial charge in [0.05, 0.1) is 21.8 Å². The highest BCUT2D eigenvalue weighted by Crippen LogP contribution is 2.33. The quantitative estimate of drug-likeness (QED) is 0.376. The van der Waals surface area contributed by atoms with Crippen LogP contribution >= 0.6 is 34.5 Å². The molecule has 0 aliphatic heterocycles. The van der Waals surface area contributed by atoms with Crippen LogP contribution in [0.1, 0.15) is 15.9 Å². The maximum absolute atomic E-state index is 14.1. The topological polar surface area (TPSA) is 46.1 Å². The Balaban J connectivity index is 1.82. The summed E-state index contributed by atoms with van der Waals surface area (Å²) in [6.07, 6.45) is 3.22. The Morgan fingerprint density at radius 1 is 1.14 bits per heavy atom. The number of hydrogen-bond acceptors (Lipinski definition) is 4. The van der Waals surface area contributed by atoms with Crippen molar-refractivity contribution in [2.45, 2.75) is 6.54 Å². The largest absolute Gasteiger partial charge is 0.279 e. The zero-order chi connectivity index (χ0) is 20.5. The van der Waals surface area contributed by atoms with Crippen molar-refractivity contribution in [3.8, 4) is 0 Å². The second-order valence-corrected chi connectivity index (χ2v) is 7.96. The summed E-state index contributed by atoms with van der Waals surface area (Å²) in [5, 5.41) is 0.782. The normalized spacial score (nSPS) is 11.0. The molecule has 0 aliphatic carbocycles. The zero-order valence-electron chi connectivity index (χ0n) is 14.6. The first-order valence-corrected chi connectivity index (χ1v) is 9.91. The number of pyridine rings is 1. The van der Waals surface area contributed by atoms with Crippen LogP contribution in [0, 0.1) is 11.6 Å². The predicted octanol–water partition coefficient (Wildman–Crippen LogP) is 6.12. The highest BCUT2D eigenvalue weighted by atomic mass is 35.5. The lowest BCUT2D eigenvalue weighted by Gasteiger charge is -2.20. The first-order valence-electron chi connectivity index (χ1n) is 8.34. The third kappa shape index (κ3) is 4.07. The summed E-state index contributed by atoms with van der Waals surface area (Å²) in [5.41, 5.74) is 0.945. The molecular weight excluding hydrogens is 439 g/mol. The van der Waals surface area contributed by atoms with E-state index in [0.717, 1.165) is 23.0 Å². The van der Waals surface area contributed by atoms with Gasteiger partial charge in [-0.2, -0.15) is 0 Å². The molecule has 0 radical (unpaired) electrons. The van der Waals surface area contributed by atoms with Gasteiger partial charge < -0.3 is 0 Å². The summed E-state index contributed by atoms with van der Waals surface area (Å²) in [4.78, 5) is 22.9. The number of aromatic nitrogens is 2. The monoisotopic (exact) mass is 449 g/mol. The fraction of sp³-hybridized carbons (Fsp3) is 0.0500. The molecule has 0 saturated carbocycles. The summed E-state index contributed by atoms with van der Waals surface area (Å²) < 4.78 is 28.0. The number of fused-ring (bicyclic) bond motifs is 1. The minimum atomic E-state index is -0.791. The lowest BCUT2D eigenvalue weighted by molar-refractivity contribution is 0.0985. The molecule has 0 fully saturated rings. The van der Waals surface area contributed by atoms with Crippen LogP contribution in [0.15, 0.2) is 54.9 Å². The van der Waals surface area contributed by atoms with Gasteiger partial charge in [0.2, 0.25) is 0 Å². The average molecular weight is 450 g/mol. The molecule has 2 heterocycles. The second kappa shape index (κ2) is 8.02. The summed E-state index contributed by atoms with van der Waals surface area (Å²) >= 11 is 13.2. The molecule has 0 atom stereocenters. The number of nitrogens with zero attached hydrogens (tertiary/aromatic N) is 3. The molecule has 4 rings (SSSR count). The summed E-state index contributed by atoms with van der Waals surface area (Å²) in [6.45, 7) is 0.121. The standard InChI is InChI=1S/C20H11Cl2F2N3OS/c21-12-3-4-14(15(22)6-12)19(28)27(10-11-2-1-5-25-9-11)20-26-18-16(24)7-13(23)8-17(18)29-20/h1-9H,10H2. The lowest BCUT2D eigenvalue weighted by atomic mass is 10.2. The molecule has 2 aromatic carbocycles. The molecule has 1 amide bonds. The fourth-order valence-electron chi connectivity index (χ4n) is 2.77. The molecule has 0 bridgehead atoms. The first-order chi connectivity index (χ1) is 13.9. The number of carbonyl (C=O) groups is 1. The van der Waals surface area contributed by atoms with Crippen LogP contribution in [-0.4, -0.2) is 15.9 Å². The van der Waals surface area contributed by atoms with Crippen molar-refractivity contribution in [3.05, 3.63) is 87.7 Å². The maximum atomic E-state index is 14.1. The molecule has 0 unspecified atom stereocenters. The molecule has 146 valence electrons. The first kappa shape index (κ1) is 19.7. The van der Waals surface area contributed by atoms with Crippen molar-refractivity contribution in [1.82, 2.24) is 9.97 Å². The summed E-state index contributed by atoms with van der Waals surface area (Å²) in [5.74, 6) is -1.95. The molecule has 0 spiro atoms. The van der Waals surface area contributed by atoms with Gasteiger partial charge in [-0.1, -0.05) is 40.6 Å². The number of halogens is 4. The third-order valence-corrected chi connectivity index (χ3v) is 5.68. The molecule has 9 heteroatoms. The smallest absolute Gasteiger partial charge is 0.261 e. The highest BCUT2D eigenvalue weighted by molar-refractivity contribution is 7.22. The second-order valence-electron chi connectivity index (χ2n) is 6.11. The predicted molar refractivity (Wildman–Crippen MR) is 111 cm³/mol. The van der Waals surface area contributed by atoms with E-state index < -0.39 is 17.5 Å². The van der Waals surface area contributed by atoms with Crippen molar-refractivity contribution >= 4 is 55.8 Å². The SMILES string of the molecule is O=C(c1ccc(Cl)cc1Cl)N(Cc1cccnc1)c1nc2c(F)cc(F)cc2s1. The van der Waals surface area contributed by atoms with Crippen molar-refractivity contribution < 1.29 is 13.6 Å². The van der Waals surface area contributed by atoms with Crippen molar-refractivity contribution in [1.29, 1.82) is 0 Å². The molecule has 4 aromatic rings. The van der Waals surface area contributed by atoms with E-state index in [-0.39, 0.29) is 27.8 Å². The van der Waals surface area contributed by atoms with E-state index in [1.807, 2.05) is 0 Å². The van der Waals surface area contributed by atoms with Crippen LogP contribution < -0.4 is 4.90 Å². The van der Waals surface area contributed by atoms with Gasteiger partial charge in [0.25, 0.3) is 5.91 Å². The molecule has 29 heavy (non-hydrogen) atoms. The van der Waals surface area contributed by atoms with Gasteiger partial charge in [-0.05, 0) is 35.9 Å². The Morgan fingerprint density at radius 2 is 1.97 bits per heavy atom. The Morgan fingerprint density at radius 3 is 2.69 bits per heavy atom. The van der Waals surface area contributed by atoms with Crippen LogP contribution in [-0.2, 0) is 6.54 Å². The minimum Gasteiger partial charge on any atom is -0.279 e. The number of rotatable bonds is 4. The number of benzene rings is 2. The highest BCUT2D eigenvalue weighted by Gasteiger charge is 2.24. The summed E-state index contributed by atoms with van der Waals surface area (Å²) in [7, 11) is 0. The minimum absolute atomic E-state index is 0.00223. The molecule has 0 N–H and O–H groups in total. The third-order valence-electron chi connectivity index (χ3n) is 4.10. The van der Waals surface area contributed by atoms with Gasteiger partial charge in [-0.25, -0.2) is 13.8 Å². The molecule has 0 aliphatic rings. The van der Waals surface area contributed by atoms with E-state index in [2.05, 4.69) is 9.97 Å². The van der Waals surface area contributed by atoms with E-state index in [1.165, 1.54) is 23.1 Å². The van der Waals surface area contributed by atoms with E-state index in [4.69, 9.17) is 23.2 Å². The van der Waals surface area contributed by atoms with Crippen molar-refractivity contribution in [2.24, 2.45) is 0 Å². The van der Waals surface area contributed by atoms with Crippen LogP contribution in [0.2, 0.25) is 10.0 Å². The summed E-state index contributed by atoms with van der Waals surface area (Å²) in [6, 6.07) is 10.0. The number of carbonyl (C=O) groups excluding carboxylic acids is 1. The van der Waals surface area contributed by atoms with Crippen LogP contribution in [0.5, 0.6) is 0 Å². The number of hydrogen-bond donors (Lipinski definition) is 0. The van der Waals surface area contributed by atoms with E-state index in [9.17, 15) is 13.6 Å². The molecule has 0 saturated heterocycles. The number of amides is 1. The van der Waals surface area contributed by atoms with Crippen LogP contribution in [0.4, 0.5) is 13.9 Å². The number of anilines is 1. The lowest BCUT2D eigenvalue weighted by Crippen LogP contribution is -2.30. The molecule has 2 aromatic heterocycles. The average Bonchev–Trinajstić information content (AvgIpc) is 3.10. The zero-order valence-corrected chi connectivity index (χ0v) is 16.9. The maximum Gasteiger partial charge on any atom is 0.261 e. The van der Waals surface area contributed by atoms with Gasteiger partial charge in [0, 0.05) is 23.5 Å². The van der Waals surface area contributed by atoms with E-state index in [0.29, 0.717) is 9.72 Å². The van der Waals surface area contributed by atoms with E-state index >= 15 is 0 Å². The Labute approximate surface area is 178 Å². The van der Waals surface area contributed by atoms with Crippen LogP contribution in [0.25, 0.3) is 10.2 Å². The van der Waals surface area contributed by atoms with Crippen molar-refractivity contribution in [2.75, 3.05) is 4.90 Å². The fourth-order valence-corrected chi connectivity index (χ4v) is 4.26. The van der Waals surface area contributed by atoms with E-state index in [1.54, 1.807) is 30.6 Å². The van der Waals surface area contributed by atoms with Crippen molar-refractivity contribution in [3.63, 3.8) is 0 Å². The van der Waals surface area contributed by atoms with Gasteiger partial charge in [-0.15, -0.1) is 0 Å². The van der Waals surface area contributed by atoms with Gasteiger partial charge >= 0.3 is 0 Å². The van der Waals surface area contributed by atoms with Gasteiger partial charge in [0.1, 0.15) is 11.3 Å². The molecular formula is C20H11Cl2F2N3OS. The Kier molecular flexibility index (Phi) is 5.45. The van der Waals surface area contributed by atoms with Gasteiger partial charge in [-0.3, -0.25) is 14.7 Å². The van der Waals surface area contributed by atoms with Gasteiger partial charge in [0.15, 0.2) is 10.9 Å². The van der Waals surface area contributed by atoms with Crippen LogP contribution in [0.3, 0.4) is 0 Å². The Bertz CT molecular complexity index is 1220. The number of thiazole rings is 1. The Hall–Kier alpha value is -2.61. The molecule has 4 nitrogen and oxygen atoms in total.